The van der Waals surface area contributed by atoms with Crippen molar-refractivity contribution in [3.05, 3.63) is 18.2 Å². The van der Waals surface area contributed by atoms with Crippen molar-refractivity contribution in [3.8, 4) is 0 Å². The minimum absolute atomic E-state index is 0.00918. The Kier molecular flexibility index (Phi) is 24.7. The Labute approximate surface area is 421 Å². The first-order chi connectivity index (χ1) is 34.5. The molecule has 3 rings (SSSR count). The van der Waals surface area contributed by atoms with E-state index in [1.54, 1.807) is 13.8 Å². The number of aliphatic hydroxyl groups excluding tert-OH is 1. The molecule has 15 N–H and O–H groups in total. The van der Waals surface area contributed by atoms with Gasteiger partial charge in [-0.1, -0.05) is 40.0 Å². The number of H-pyrrole nitrogens is 1. The van der Waals surface area contributed by atoms with E-state index in [2.05, 4.69) is 57.8 Å². The van der Waals surface area contributed by atoms with Crippen LogP contribution in [0.5, 0.6) is 0 Å². The summed E-state index contributed by atoms with van der Waals surface area (Å²) in [6.45, 7) is 5.93. The molecule has 0 bridgehead atoms. The first-order valence-corrected chi connectivity index (χ1v) is 24.3. The Bertz CT molecular complexity index is 2120. The van der Waals surface area contributed by atoms with E-state index in [1.807, 2.05) is 6.92 Å². The Morgan fingerprint density at radius 1 is 0.767 bits per heavy atom. The van der Waals surface area contributed by atoms with Crippen LogP contribution in [0, 0.1) is 5.92 Å². The number of aliphatic hydroxyl groups is 1. The number of aromatic nitrogens is 2. The molecule has 1 aromatic heterocycles. The summed E-state index contributed by atoms with van der Waals surface area (Å²) < 4.78 is 0. The van der Waals surface area contributed by atoms with E-state index >= 15 is 0 Å². The molecule has 0 spiro atoms. The summed E-state index contributed by atoms with van der Waals surface area (Å²) in [4.78, 5) is 163. The molecule has 0 radical (unpaired) electrons. The Hall–Kier alpha value is -7.23. The topological polar surface area (TPSA) is 432 Å². The monoisotopic (exact) mass is 1030 g/mol. The van der Waals surface area contributed by atoms with Crippen LogP contribution in [0.1, 0.15) is 104 Å². The summed E-state index contributed by atoms with van der Waals surface area (Å²) in [5, 5.41) is 51.1. The van der Waals surface area contributed by atoms with Crippen LogP contribution in [0.2, 0.25) is 0 Å². The van der Waals surface area contributed by atoms with Crippen molar-refractivity contribution in [1.29, 1.82) is 0 Å². The van der Waals surface area contributed by atoms with E-state index in [4.69, 9.17) is 5.73 Å². The van der Waals surface area contributed by atoms with Crippen molar-refractivity contribution >= 4 is 71.0 Å². The van der Waals surface area contributed by atoms with Gasteiger partial charge in [0.15, 0.2) is 0 Å². The number of aromatic amines is 1. The predicted octanol–water partition coefficient (Wildman–Crippen LogP) is -4.72. The number of aliphatic carboxylic acids is 2. The number of β-amino-alcohol motifs (C(OH)–C–C–N with tert-alkyl or cyclic N) is 1. The lowest BCUT2D eigenvalue weighted by atomic mass is 10.0. The first-order valence-electron chi connectivity index (χ1n) is 24.3. The number of rotatable bonds is 31. The molecule has 0 saturated carbocycles. The van der Waals surface area contributed by atoms with Crippen molar-refractivity contribution in [2.75, 3.05) is 26.2 Å². The van der Waals surface area contributed by atoms with Crippen LogP contribution in [-0.4, -0.2) is 182 Å². The average molecular weight is 1030 g/mol. The number of nitrogens with one attached hydrogen (secondary N) is 10. The molecule has 2 aliphatic rings. The van der Waals surface area contributed by atoms with Gasteiger partial charge < -0.3 is 78.8 Å². The summed E-state index contributed by atoms with van der Waals surface area (Å²) in [5.41, 5.74) is 5.57. The van der Waals surface area contributed by atoms with Crippen molar-refractivity contribution in [2.45, 2.75) is 159 Å². The van der Waals surface area contributed by atoms with Gasteiger partial charge in [0.1, 0.15) is 42.3 Å². The number of hydrogen-bond donors (Lipinski definition) is 14. The summed E-state index contributed by atoms with van der Waals surface area (Å²) in [5.74, 6) is -11.5. The minimum Gasteiger partial charge on any atom is -0.481 e. The molecule has 2 aliphatic heterocycles. The summed E-state index contributed by atoms with van der Waals surface area (Å²) in [6.07, 6.45) is 2.97. The van der Waals surface area contributed by atoms with Gasteiger partial charge >= 0.3 is 11.9 Å². The molecular formula is C45H71N13O15. The fraction of sp³-hybridized carbons (Fsp3) is 0.667. The number of amides is 10. The van der Waals surface area contributed by atoms with Gasteiger partial charge in [-0.05, 0) is 51.4 Å². The van der Waals surface area contributed by atoms with Gasteiger partial charge in [-0.2, -0.15) is 0 Å². The number of imidazole rings is 1. The van der Waals surface area contributed by atoms with Crippen molar-refractivity contribution in [2.24, 2.45) is 11.7 Å². The number of hydrogen-bond acceptors (Lipinski definition) is 15. The number of carboxylic acids is 2. The number of likely N-dealkylation sites (tertiary alicyclic amines) is 1. The largest absolute Gasteiger partial charge is 0.481 e. The minimum atomic E-state index is -1.89. The highest BCUT2D eigenvalue weighted by Crippen LogP contribution is 2.18. The number of carboxylic acid groups (broad SMARTS) is 2. The second-order valence-electron chi connectivity index (χ2n) is 18.5. The maximum absolute atomic E-state index is 14.0. The van der Waals surface area contributed by atoms with Gasteiger partial charge in [0.25, 0.3) is 0 Å². The molecule has 28 heteroatoms. The van der Waals surface area contributed by atoms with Crippen LogP contribution in [0.15, 0.2) is 12.5 Å². The Balaban J connectivity index is 1.69. The van der Waals surface area contributed by atoms with Crippen LogP contribution in [0.25, 0.3) is 0 Å². The van der Waals surface area contributed by atoms with Gasteiger partial charge in [-0.3, -0.25) is 52.7 Å². The molecule has 1 aromatic rings. The lowest BCUT2D eigenvalue weighted by Gasteiger charge is -2.27. The third-order valence-corrected chi connectivity index (χ3v) is 11.9. The van der Waals surface area contributed by atoms with Crippen molar-refractivity contribution in [1.82, 2.24) is 62.7 Å². The van der Waals surface area contributed by atoms with Crippen molar-refractivity contribution in [3.63, 3.8) is 0 Å². The van der Waals surface area contributed by atoms with Gasteiger partial charge in [-0.25, -0.2) is 9.78 Å². The molecule has 2 fully saturated rings. The van der Waals surface area contributed by atoms with Gasteiger partial charge in [0, 0.05) is 37.8 Å². The molecular weight excluding hydrogens is 963 g/mol. The van der Waals surface area contributed by atoms with E-state index in [1.165, 1.54) is 24.3 Å². The SMILES string of the molecule is CCCCC[C@H](NC(=O)[C@@H]1CCCN1C(=O)CNC(=O)[C@H](C)NC(=O)[C@H](CC(C)C)NC(=O)[C@H](Cc1cnc[nH]1)NC(=O)C(CC(=O)O)NC(=O)[C@H](CCC(N)=O)NC(=O)CNC(=O)[C@@H]1C[C@@H](O)CN1)C(=O)O. The first kappa shape index (κ1) is 60.1. The van der Waals surface area contributed by atoms with E-state index < -0.39 is 158 Å². The second-order valence-corrected chi connectivity index (χ2v) is 18.5. The Morgan fingerprint density at radius 2 is 1.42 bits per heavy atom. The van der Waals surface area contributed by atoms with Crippen LogP contribution in [-0.2, 0) is 64.0 Å². The number of carbonyl (C=O) groups is 12. The van der Waals surface area contributed by atoms with Crippen molar-refractivity contribution < 1.29 is 72.9 Å². The van der Waals surface area contributed by atoms with Crippen LogP contribution < -0.4 is 53.6 Å². The maximum atomic E-state index is 14.0. The molecule has 3 heterocycles. The third kappa shape index (κ3) is 20.8. The summed E-state index contributed by atoms with van der Waals surface area (Å²) in [6, 6.07) is -10.5. The summed E-state index contributed by atoms with van der Waals surface area (Å²) >= 11 is 0. The molecule has 1 unspecified atom stereocenters. The predicted molar refractivity (Wildman–Crippen MR) is 255 cm³/mol. The smallest absolute Gasteiger partial charge is 0.326 e. The van der Waals surface area contributed by atoms with Crippen LogP contribution in [0.3, 0.4) is 0 Å². The molecule has 0 aliphatic carbocycles. The Morgan fingerprint density at radius 3 is 2.03 bits per heavy atom. The molecule has 2 saturated heterocycles. The zero-order chi connectivity index (χ0) is 54.4. The lowest BCUT2D eigenvalue weighted by Crippen LogP contribution is -2.60. The van der Waals surface area contributed by atoms with Crippen LogP contribution in [0.4, 0.5) is 0 Å². The molecule has 10 amide bonds. The molecule has 73 heavy (non-hydrogen) atoms. The number of primary amides is 1. The van der Waals surface area contributed by atoms with Gasteiger partial charge in [-0.15, -0.1) is 0 Å². The normalized spacial score (nSPS) is 18.7. The molecule has 28 nitrogen and oxygen atoms in total. The van der Waals surface area contributed by atoms with E-state index in [-0.39, 0.29) is 51.1 Å². The van der Waals surface area contributed by atoms with E-state index in [9.17, 15) is 72.9 Å². The summed E-state index contributed by atoms with van der Waals surface area (Å²) in [7, 11) is 0. The number of nitrogens with zero attached hydrogens (tertiary/aromatic N) is 2. The lowest BCUT2D eigenvalue weighted by molar-refractivity contribution is -0.144. The average Bonchev–Trinajstić information content (AvgIpc) is 4.13. The van der Waals surface area contributed by atoms with Crippen LogP contribution >= 0.6 is 0 Å². The highest BCUT2D eigenvalue weighted by atomic mass is 16.4. The molecule has 9 atom stereocenters. The number of unbranched alkanes of at least 4 members (excludes halogenated alkanes) is 2. The zero-order valence-corrected chi connectivity index (χ0v) is 41.5. The standard InChI is InChI=1S/C45H71N13O15/c1-5-6-7-9-28(45(72)73)54-44(71)33-10-8-13-58(33)36(62)21-50-38(65)24(4)52-41(68)30(14-23(2)3)55-42(69)31(15-25-18-47-22-51-25)56-43(70)32(17-37(63)64)57-40(67)27(11-12-34(46)60)53-35(61)20-49-39(66)29-16-26(59)19-48-29/h18,22-24,26-33,48,59H,5-17,19-21H2,1-4H3,(H2,46,60)(H,47,51)(H,49,66)(H,50,65)(H,52,68)(H,53,61)(H,54,71)(H,55,69)(H,56,70)(H,57,67)(H,63,64)(H,72,73)/t24-,26+,27-,28-,29-,30-,31-,32?,33-/m0/s1. The third-order valence-electron chi connectivity index (χ3n) is 11.9. The molecule has 406 valence electrons. The fourth-order valence-corrected chi connectivity index (χ4v) is 8.00. The zero-order valence-electron chi connectivity index (χ0n) is 41.5. The second kappa shape index (κ2) is 30.0. The number of carbonyl (C=O) groups excluding carboxylic acids is 10. The maximum Gasteiger partial charge on any atom is 0.326 e. The highest BCUT2D eigenvalue weighted by molar-refractivity contribution is 5.98. The van der Waals surface area contributed by atoms with E-state index in [0.29, 0.717) is 18.5 Å². The molecule has 0 aromatic carbocycles. The van der Waals surface area contributed by atoms with E-state index in [0.717, 1.165) is 12.8 Å². The highest BCUT2D eigenvalue weighted by Gasteiger charge is 2.37. The fourth-order valence-electron chi connectivity index (χ4n) is 8.00. The number of nitrogens with two attached hydrogens (primary N) is 1. The quantitative estimate of drug-likeness (QED) is 0.0311. The van der Waals surface area contributed by atoms with Gasteiger partial charge in [0.2, 0.25) is 59.1 Å². The van der Waals surface area contributed by atoms with Gasteiger partial charge in [0.05, 0.1) is 38.0 Å².